The molecule has 0 spiro atoms. The summed E-state index contributed by atoms with van der Waals surface area (Å²) in [5, 5.41) is 4.07. The number of halogens is 2. The highest BCUT2D eigenvalue weighted by atomic mass is 35.5. The maximum atomic E-state index is 5.78. The number of nitrogens with one attached hydrogen (secondary N) is 1. The van der Waals surface area contributed by atoms with Gasteiger partial charge in [-0.25, -0.2) is 0 Å². The summed E-state index contributed by atoms with van der Waals surface area (Å²) in [5.41, 5.74) is 7.81. The molecule has 98 valence electrons. The first kappa shape index (κ1) is 16.2. The van der Waals surface area contributed by atoms with Crippen molar-refractivity contribution in [2.45, 2.75) is 26.7 Å². The maximum Gasteiger partial charge on any atom is 0.0426 e. The maximum absolute atomic E-state index is 5.78. The molecular formula is C13H22ClFN2. The van der Waals surface area contributed by atoms with E-state index >= 15 is 0 Å². The summed E-state index contributed by atoms with van der Waals surface area (Å²) in [6, 6.07) is 5.99. The molecule has 4 heteroatoms. The van der Waals surface area contributed by atoms with Gasteiger partial charge < -0.3 is 11.1 Å². The van der Waals surface area contributed by atoms with Gasteiger partial charge >= 0.3 is 0 Å². The third-order valence-corrected chi connectivity index (χ3v) is 2.76. The van der Waals surface area contributed by atoms with E-state index in [1.165, 1.54) is 11.3 Å². The fourth-order valence-corrected chi connectivity index (χ4v) is 1.77. The van der Waals surface area contributed by atoms with E-state index in [0.29, 0.717) is 0 Å². The highest BCUT2D eigenvalue weighted by molar-refractivity contribution is 6.30. The predicted octanol–water partition coefficient (Wildman–Crippen LogP) is 3.45. The monoisotopic (exact) mass is 260 g/mol. The second-order valence-electron chi connectivity index (χ2n) is 4.45. The molecule has 0 radical (unpaired) electrons. The van der Waals surface area contributed by atoms with Crippen LogP contribution in [0.3, 0.4) is 0 Å². The summed E-state index contributed by atoms with van der Waals surface area (Å²) in [5.74, 6) is 0.773. The summed E-state index contributed by atoms with van der Waals surface area (Å²) in [4.78, 5) is 0. The first-order chi connectivity index (χ1) is 7.63. The highest BCUT2D eigenvalue weighted by Gasteiger charge is 2.08. The van der Waals surface area contributed by atoms with Crippen LogP contribution in [-0.4, -0.2) is 13.1 Å². The third kappa shape index (κ3) is 5.89. The lowest BCUT2D eigenvalue weighted by atomic mass is 10.1. The van der Waals surface area contributed by atoms with Crippen LogP contribution in [0.1, 0.15) is 25.8 Å². The SMILES string of the molecule is CC(C)CCN.Clc1ccc2c(c1)NCC2.F. The number of fused-ring (bicyclic) bond motifs is 1. The van der Waals surface area contributed by atoms with Crippen molar-refractivity contribution in [3.63, 3.8) is 0 Å². The van der Waals surface area contributed by atoms with E-state index in [2.05, 4.69) is 25.2 Å². The predicted molar refractivity (Wildman–Crippen MR) is 74.7 cm³/mol. The summed E-state index contributed by atoms with van der Waals surface area (Å²) < 4.78 is 0. The number of nitrogens with two attached hydrogens (primary N) is 1. The van der Waals surface area contributed by atoms with Crippen molar-refractivity contribution in [3.05, 3.63) is 28.8 Å². The molecule has 1 aromatic rings. The van der Waals surface area contributed by atoms with Gasteiger partial charge in [0, 0.05) is 17.3 Å². The second-order valence-corrected chi connectivity index (χ2v) is 4.89. The van der Waals surface area contributed by atoms with E-state index in [0.717, 1.165) is 36.9 Å². The van der Waals surface area contributed by atoms with Gasteiger partial charge in [-0.3, -0.25) is 4.70 Å². The number of benzene rings is 1. The molecule has 1 heterocycles. The van der Waals surface area contributed by atoms with Crippen molar-refractivity contribution in [2.75, 3.05) is 18.4 Å². The Hall–Kier alpha value is -0.800. The lowest BCUT2D eigenvalue weighted by molar-refractivity contribution is 0.596. The summed E-state index contributed by atoms with van der Waals surface area (Å²) >= 11 is 5.78. The fourth-order valence-electron chi connectivity index (χ4n) is 1.60. The number of hydrogen-bond acceptors (Lipinski definition) is 2. The van der Waals surface area contributed by atoms with E-state index < -0.39 is 0 Å². The van der Waals surface area contributed by atoms with Crippen molar-refractivity contribution in [3.8, 4) is 0 Å². The molecule has 0 saturated carbocycles. The molecule has 1 aliphatic rings. The fraction of sp³-hybridized carbons (Fsp3) is 0.538. The van der Waals surface area contributed by atoms with Crippen LogP contribution in [0.15, 0.2) is 18.2 Å². The largest absolute Gasteiger partial charge is 0.384 e. The van der Waals surface area contributed by atoms with Crippen LogP contribution < -0.4 is 11.1 Å². The molecule has 2 nitrogen and oxygen atoms in total. The molecule has 3 N–H and O–H groups in total. The van der Waals surface area contributed by atoms with Crippen LogP contribution in [-0.2, 0) is 6.42 Å². The van der Waals surface area contributed by atoms with E-state index in [1.807, 2.05) is 12.1 Å². The van der Waals surface area contributed by atoms with Gasteiger partial charge in [0.25, 0.3) is 0 Å². The van der Waals surface area contributed by atoms with Crippen LogP contribution in [0.5, 0.6) is 0 Å². The number of rotatable bonds is 2. The van der Waals surface area contributed by atoms with Crippen LogP contribution in [0.2, 0.25) is 5.02 Å². The van der Waals surface area contributed by atoms with Gasteiger partial charge in [0.05, 0.1) is 0 Å². The minimum Gasteiger partial charge on any atom is -0.384 e. The van der Waals surface area contributed by atoms with Crippen LogP contribution >= 0.6 is 11.6 Å². The Morgan fingerprint density at radius 1 is 1.41 bits per heavy atom. The van der Waals surface area contributed by atoms with E-state index in [4.69, 9.17) is 17.3 Å². The molecule has 0 aliphatic carbocycles. The first-order valence-corrected chi connectivity index (χ1v) is 6.23. The Kier molecular flexibility index (Phi) is 7.92. The van der Waals surface area contributed by atoms with Crippen molar-refractivity contribution in [1.82, 2.24) is 0 Å². The molecule has 0 atom stereocenters. The van der Waals surface area contributed by atoms with Gasteiger partial charge in [0.2, 0.25) is 0 Å². The molecule has 0 amide bonds. The van der Waals surface area contributed by atoms with Crippen molar-refractivity contribution >= 4 is 17.3 Å². The Labute approximate surface area is 108 Å². The first-order valence-electron chi connectivity index (χ1n) is 5.86. The quantitative estimate of drug-likeness (QED) is 0.855. The minimum absolute atomic E-state index is 0. The molecule has 17 heavy (non-hydrogen) atoms. The summed E-state index contributed by atoms with van der Waals surface area (Å²) in [6.45, 7) is 6.23. The highest BCUT2D eigenvalue weighted by Crippen LogP contribution is 2.24. The Morgan fingerprint density at radius 3 is 2.65 bits per heavy atom. The smallest absolute Gasteiger partial charge is 0.0426 e. The molecule has 0 bridgehead atoms. The summed E-state index contributed by atoms with van der Waals surface area (Å²) in [6.07, 6.45) is 2.28. The van der Waals surface area contributed by atoms with Crippen LogP contribution in [0.4, 0.5) is 10.4 Å². The van der Waals surface area contributed by atoms with Gasteiger partial charge in [0.15, 0.2) is 0 Å². The van der Waals surface area contributed by atoms with Gasteiger partial charge in [-0.05, 0) is 43.0 Å². The normalized spacial score (nSPS) is 12.1. The van der Waals surface area contributed by atoms with E-state index in [1.54, 1.807) is 0 Å². The van der Waals surface area contributed by atoms with Crippen molar-refractivity contribution in [2.24, 2.45) is 11.7 Å². The minimum atomic E-state index is 0. The molecule has 1 aromatic carbocycles. The lowest BCUT2D eigenvalue weighted by Gasteiger charge is -1.97. The molecule has 0 aromatic heterocycles. The zero-order valence-electron chi connectivity index (χ0n) is 10.5. The average molecular weight is 261 g/mol. The average Bonchev–Trinajstić information content (AvgIpc) is 2.65. The Bertz CT molecular complexity index is 329. The topological polar surface area (TPSA) is 38.0 Å². The number of hydrogen-bond donors (Lipinski definition) is 2. The van der Waals surface area contributed by atoms with Crippen LogP contribution in [0.25, 0.3) is 0 Å². The molecule has 0 unspecified atom stereocenters. The zero-order valence-corrected chi connectivity index (χ0v) is 11.3. The Morgan fingerprint density at radius 2 is 2.12 bits per heavy atom. The van der Waals surface area contributed by atoms with Crippen molar-refractivity contribution < 1.29 is 4.70 Å². The lowest BCUT2D eigenvalue weighted by Crippen LogP contribution is -2.01. The van der Waals surface area contributed by atoms with Gasteiger partial charge in [-0.1, -0.05) is 31.5 Å². The Balaban J connectivity index is 0.000000324. The second kappa shape index (κ2) is 8.31. The van der Waals surface area contributed by atoms with Gasteiger partial charge in [0.1, 0.15) is 0 Å². The van der Waals surface area contributed by atoms with Gasteiger partial charge in [-0.15, -0.1) is 0 Å². The number of anilines is 1. The summed E-state index contributed by atoms with van der Waals surface area (Å²) in [7, 11) is 0. The zero-order chi connectivity index (χ0) is 12.0. The molecule has 0 fully saturated rings. The van der Waals surface area contributed by atoms with Gasteiger partial charge in [-0.2, -0.15) is 0 Å². The van der Waals surface area contributed by atoms with E-state index in [-0.39, 0.29) is 4.70 Å². The third-order valence-electron chi connectivity index (χ3n) is 2.53. The van der Waals surface area contributed by atoms with Crippen LogP contribution in [0, 0.1) is 5.92 Å². The van der Waals surface area contributed by atoms with E-state index in [9.17, 15) is 0 Å². The molecule has 1 aliphatic heterocycles. The molecular weight excluding hydrogens is 239 g/mol. The molecule has 0 saturated heterocycles. The standard InChI is InChI=1S/C8H8ClN.C5H13N.FH/c9-7-2-1-6-3-4-10-8(6)5-7;1-5(2)3-4-6;/h1-2,5,10H,3-4H2;5H,3-4,6H2,1-2H3;1H. The van der Waals surface area contributed by atoms with Crippen molar-refractivity contribution in [1.29, 1.82) is 0 Å². The molecule has 2 rings (SSSR count).